The van der Waals surface area contributed by atoms with E-state index >= 15 is 0 Å². The number of carbonyl (C=O) groups is 1. The van der Waals surface area contributed by atoms with Gasteiger partial charge in [-0.25, -0.2) is 0 Å². The van der Waals surface area contributed by atoms with Crippen LogP contribution in [0.1, 0.15) is 25.8 Å². The molecule has 120 valence electrons. The molecule has 0 saturated carbocycles. The predicted octanol–water partition coefficient (Wildman–Crippen LogP) is 2.14. The lowest BCUT2D eigenvalue weighted by atomic mass is 10.2. The van der Waals surface area contributed by atoms with Crippen molar-refractivity contribution >= 4 is 11.6 Å². The number of rotatable bonds is 4. The SMILES string of the molecule is CC(=O)N1[C@H]([NH2+]Cc2ccccc2)C[C@H](C)N1c1ccccc1. The van der Waals surface area contributed by atoms with Gasteiger partial charge >= 0.3 is 0 Å². The number of hydrogen-bond donors (Lipinski definition) is 1. The number of quaternary nitrogens is 1. The number of nitrogens with zero attached hydrogens (tertiary/aromatic N) is 2. The van der Waals surface area contributed by atoms with E-state index in [-0.39, 0.29) is 12.1 Å². The summed E-state index contributed by atoms with van der Waals surface area (Å²) in [7, 11) is 0. The van der Waals surface area contributed by atoms with Crippen molar-refractivity contribution in [3.63, 3.8) is 0 Å². The van der Waals surface area contributed by atoms with Gasteiger partial charge in [-0.1, -0.05) is 48.5 Å². The maximum absolute atomic E-state index is 12.3. The fourth-order valence-electron chi connectivity index (χ4n) is 3.35. The van der Waals surface area contributed by atoms with E-state index in [4.69, 9.17) is 0 Å². The third kappa shape index (κ3) is 3.37. The molecule has 4 nitrogen and oxygen atoms in total. The molecule has 0 unspecified atom stereocenters. The molecule has 2 N–H and O–H groups in total. The lowest BCUT2D eigenvalue weighted by Crippen LogP contribution is -2.92. The molecule has 0 bridgehead atoms. The number of para-hydroxylation sites is 1. The van der Waals surface area contributed by atoms with Crippen molar-refractivity contribution in [1.29, 1.82) is 0 Å². The predicted molar refractivity (Wildman–Crippen MR) is 91.4 cm³/mol. The summed E-state index contributed by atoms with van der Waals surface area (Å²) in [5.41, 5.74) is 2.35. The average Bonchev–Trinajstić information content (AvgIpc) is 2.91. The molecular weight excluding hydrogens is 286 g/mol. The van der Waals surface area contributed by atoms with Crippen molar-refractivity contribution in [2.24, 2.45) is 0 Å². The Morgan fingerprint density at radius 3 is 2.30 bits per heavy atom. The number of amides is 1. The highest BCUT2D eigenvalue weighted by Gasteiger charge is 2.41. The molecule has 0 radical (unpaired) electrons. The zero-order chi connectivity index (χ0) is 16.2. The Labute approximate surface area is 137 Å². The second-order valence-corrected chi connectivity index (χ2v) is 6.12. The molecule has 1 aliphatic heterocycles. The summed E-state index contributed by atoms with van der Waals surface area (Å²) in [6, 6.07) is 20.9. The van der Waals surface area contributed by atoms with E-state index in [0.717, 1.165) is 18.7 Å². The van der Waals surface area contributed by atoms with Gasteiger partial charge < -0.3 is 5.32 Å². The van der Waals surface area contributed by atoms with Crippen molar-refractivity contribution in [3.05, 3.63) is 66.2 Å². The minimum Gasteiger partial charge on any atom is -0.321 e. The van der Waals surface area contributed by atoms with Crippen LogP contribution in [0.5, 0.6) is 0 Å². The molecule has 2 atom stereocenters. The van der Waals surface area contributed by atoms with Crippen LogP contribution in [0, 0.1) is 0 Å². The first-order valence-electron chi connectivity index (χ1n) is 8.18. The van der Waals surface area contributed by atoms with Crippen LogP contribution in [0.4, 0.5) is 5.69 Å². The first-order valence-corrected chi connectivity index (χ1v) is 8.18. The number of anilines is 1. The minimum atomic E-state index is 0.0903. The van der Waals surface area contributed by atoms with Crippen LogP contribution in [0.25, 0.3) is 0 Å². The van der Waals surface area contributed by atoms with Crippen molar-refractivity contribution < 1.29 is 10.1 Å². The normalized spacial score (nSPS) is 20.8. The van der Waals surface area contributed by atoms with Gasteiger partial charge in [0.25, 0.3) is 0 Å². The second kappa shape index (κ2) is 6.84. The summed E-state index contributed by atoms with van der Waals surface area (Å²) in [5.74, 6) is 0.0903. The van der Waals surface area contributed by atoms with Gasteiger partial charge in [0.05, 0.1) is 11.7 Å². The first-order chi connectivity index (χ1) is 11.2. The van der Waals surface area contributed by atoms with Gasteiger partial charge in [-0.05, 0) is 19.1 Å². The maximum atomic E-state index is 12.3. The Balaban J connectivity index is 1.77. The summed E-state index contributed by atoms with van der Waals surface area (Å²) >= 11 is 0. The third-order valence-electron chi connectivity index (χ3n) is 4.36. The van der Waals surface area contributed by atoms with E-state index < -0.39 is 0 Å². The summed E-state index contributed by atoms with van der Waals surface area (Å²) in [6.45, 7) is 4.71. The smallest absolute Gasteiger partial charge is 0.242 e. The third-order valence-corrected chi connectivity index (χ3v) is 4.36. The van der Waals surface area contributed by atoms with E-state index in [9.17, 15) is 4.79 Å². The lowest BCUT2D eigenvalue weighted by Gasteiger charge is -2.33. The zero-order valence-electron chi connectivity index (χ0n) is 13.7. The molecule has 1 fully saturated rings. The number of hydrogen-bond acceptors (Lipinski definition) is 2. The Hall–Kier alpha value is -2.33. The van der Waals surface area contributed by atoms with Gasteiger partial charge in [0.15, 0.2) is 6.17 Å². The van der Waals surface area contributed by atoms with Gasteiger partial charge in [0, 0.05) is 18.9 Å². The number of nitrogens with two attached hydrogens (primary N) is 1. The van der Waals surface area contributed by atoms with E-state index in [1.54, 1.807) is 6.92 Å². The molecule has 1 amide bonds. The number of benzene rings is 2. The highest BCUT2D eigenvalue weighted by atomic mass is 16.2. The molecule has 2 aromatic rings. The molecule has 0 aliphatic carbocycles. The topological polar surface area (TPSA) is 40.2 Å². The molecule has 1 heterocycles. The molecule has 0 spiro atoms. The van der Waals surface area contributed by atoms with Crippen molar-refractivity contribution in [2.75, 3.05) is 5.01 Å². The van der Waals surface area contributed by atoms with Gasteiger partial charge in [-0.15, -0.1) is 0 Å². The molecule has 1 aliphatic rings. The summed E-state index contributed by atoms with van der Waals surface area (Å²) < 4.78 is 0. The van der Waals surface area contributed by atoms with Gasteiger partial charge in [-0.3, -0.25) is 9.80 Å². The number of carbonyl (C=O) groups excluding carboxylic acids is 1. The fourth-order valence-corrected chi connectivity index (χ4v) is 3.35. The van der Waals surface area contributed by atoms with Gasteiger partial charge in [0.1, 0.15) is 6.54 Å². The summed E-state index contributed by atoms with van der Waals surface area (Å²) in [6.07, 6.45) is 1.10. The zero-order valence-corrected chi connectivity index (χ0v) is 13.7. The van der Waals surface area contributed by atoms with Crippen LogP contribution in [0.3, 0.4) is 0 Å². The monoisotopic (exact) mass is 310 g/mol. The quantitative estimate of drug-likeness (QED) is 0.940. The van der Waals surface area contributed by atoms with E-state index in [1.165, 1.54) is 5.56 Å². The van der Waals surface area contributed by atoms with Crippen LogP contribution >= 0.6 is 0 Å². The Morgan fingerprint density at radius 1 is 1.09 bits per heavy atom. The molecule has 3 rings (SSSR count). The first kappa shape index (κ1) is 15.6. The van der Waals surface area contributed by atoms with Crippen LogP contribution in [0.15, 0.2) is 60.7 Å². The molecule has 1 saturated heterocycles. The van der Waals surface area contributed by atoms with Crippen molar-refractivity contribution in [2.45, 2.75) is 39.0 Å². The van der Waals surface area contributed by atoms with Crippen LogP contribution in [-0.2, 0) is 11.3 Å². The Morgan fingerprint density at radius 2 is 1.70 bits per heavy atom. The average molecular weight is 310 g/mol. The highest BCUT2D eigenvalue weighted by molar-refractivity contribution is 5.76. The second-order valence-electron chi connectivity index (χ2n) is 6.12. The Kier molecular flexibility index (Phi) is 4.63. The summed E-state index contributed by atoms with van der Waals surface area (Å²) in [5, 5.41) is 6.30. The summed E-state index contributed by atoms with van der Waals surface area (Å²) in [4.78, 5) is 12.3. The Bertz CT molecular complexity index is 644. The molecule has 23 heavy (non-hydrogen) atoms. The van der Waals surface area contributed by atoms with E-state index in [2.05, 4.69) is 53.6 Å². The maximum Gasteiger partial charge on any atom is 0.242 e. The number of hydrazine groups is 1. The van der Waals surface area contributed by atoms with E-state index in [0.29, 0.717) is 6.04 Å². The molecule has 2 aromatic carbocycles. The van der Waals surface area contributed by atoms with Crippen LogP contribution < -0.4 is 10.3 Å². The van der Waals surface area contributed by atoms with E-state index in [1.807, 2.05) is 29.3 Å². The molecule has 0 aromatic heterocycles. The largest absolute Gasteiger partial charge is 0.321 e. The van der Waals surface area contributed by atoms with Crippen molar-refractivity contribution in [3.8, 4) is 0 Å². The molecular formula is C19H24N3O+. The van der Waals surface area contributed by atoms with Gasteiger partial charge in [-0.2, -0.15) is 5.01 Å². The lowest BCUT2D eigenvalue weighted by molar-refractivity contribution is -0.718. The highest BCUT2D eigenvalue weighted by Crippen LogP contribution is 2.28. The van der Waals surface area contributed by atoms with Crippen LogP contribution in [0.2, 0.25) is 0 Å². The standard InChI is InChI=1S/C19H23N3O/c1-15-13-19(20-14-17-9-5-3-6-10-17)22(16(2)23)21(15)18-11-7-4-8-12-18/h3-12,15,19-20H,13-14H2,1-2H3/p+1/t15-,19-/m0/s1. The van der Waals surface area contributed by atoms with Crippen LogP contribution in [-0.4, -0.2) is 23.1 Å². The fraction of sp³-hybridized carbons (Fsp3) is 0.316. The minimum absolute atomic E-state index is 0.0903. The van der Waals surface area contributed by atoms with Gasteiger partial charge in [0.2, 0.25) is 5.91 Å². The van der Waals surface area contributed by atoms with Crippen molar-refractivity contribution in [1.82, 2.24) is 5.01 Å². The molecule has 4 heteroatoms.